The summed E-state index contributed by atoms with van der Waals surface area (Å²) in [6.45, 7) is 2.11. The molecule has 2 aromatic rings. The van der Waals surface area contributed by atoms with Gasteiger partial charge in [0, 0.05) is 11.3 Å². The summed E-state index contributed by atoms with van der Waals surface area (Å²) in [6, 6.07) is 4.07. The highest BCUT2D eigenvalue weighted by Gasteiger charge is 2.22. The molecular weight excluding hydrogens is 316 g/mol. The Kier molecular flexibility index (Phi) is 4.40. The van der Waals surface area contributed by atoms with Crippen LogP contribution in [0.25, 0.3) is 11.5 Å². The Morgan fingerprint density at radius 3 is 2.92 bits per heavy atom. The molecule has 25 heavy (non-hydrogen) atoms. The molecule has 3 N–H and O–H groups in total. The van der Waals surface area contributed by atoms with E-state index in [2.05, 4.69) is 32.2 Å². The number of anilines is 1. The number of aryl methyl sites for hydroxylation is 1. The van der Waals surface area contributed by atoms with Gasteiger partial charge in [-0.05, 0) is 64.4 Å². The van der Waals surface area contributed by atoms with Crippen molar-refractivity contribution in [1.29, 1.82) is 0 Å². The SMILES string of the molecule is CN1CCC(N=C(N)Nc2nc3c(c(-c4ccco4)n2)CCC3)CC1. The number of hydrogen-bond donors (Lipinski definition) is 2. The van der Waals surface area contributed by atoms with Gasteiger partial charge in [-0.2, -0.15) is 0 Å². The van der Waals surface area contributed by atoms with Crippen molar-refractivity contribution < 1.29 is 4.42 Å². The normalized spacial score (nSPS) is 19.2. The van der Waals surface area contributed by atoms with E-state index >= 15 is 0 Å². The van der Waals surface area contributed by atoms with Gasteiger partial charge in [-0.1, -0.05) is 0 Å². The quantitative estimate of drug-likeness (QED) is 0.656. The number of nitrogens with zero attached hydrogens (tertiary/aromatic N) is 4. The van der Waals surface area contributed by atoms with Gasteiger partial charge in [0.2, 0.25) is 5.95 Å². The number of rotatable bonds is 3. The second kappa shape index (κ2) is 6.84. The van der Waals surface area contributed by atoms with Gasteiger partial charge in [0.1, 0.15) is 5.69 Å². The Hall–Kier alpha value is -2.41. The Bertz CT molecular complexity index is 762. The van der Waals surface area contributed by atoms with Crippen LogP contribution >= 0.6 is 0 Å². The lowest BCUT2D eigenvalue weighted by molar-refractivity contribution is 0.257. The molecule has 132 valence electrons. The van der Waals surface area contributed by atoms with Gasteiger partial charge in [-0.15, -0.1) is 0 Å². The predicted molar refractivity (Wildman–Crippen MR) is 97.5 cm³/mol. The topological polar surface area (TPSA) is 92.6 Å². The summed E-state index contributed by atoms with van der Waals surface area (Å²) in [5.74, 6) is 1.66. The minimum atomic E-state index is 0.266. The lowest BCUT2D eigenvalue weighted by Gasteiger charge is -2.26. The Morgan fingerprint density at radius 1 is 1.32 bits per heavy atom. The fourth-order valence-corrected chi connectivity index (χ4v) is 3.57. The van der Waals surface area contributed by atoms with Crippen molar-refractivity contribution in [2.45, 2.75) is 38.1 Å². The zero-order valence-electron chi connectivity index (χ0n) is 14.5. The van der Waals surface area contributed by atoms with E-state index in [1.165, 1.54) is 5.56 Å². The van der Waals surface area contributed by atoms with Crippen LogP contribution in [0.5, 0.6) is 0 Å². The van der Waals surface area contributed by atoms with Crippen molar-refractivity contribution in [2.24, 2.45) is 10.7 Å². The highest BCUT2D eigenvalue weighted by Crippen LogP contribution is 2.31. The number of fused-ring (bicyclic) bond motifs is 1. The molecule has 0 unspecified atom stereocenters. The van der Waals surface area contributed by atoms with E-state index in [1.807, 2.05) is 12.1 Å². The Balaban J connectivity index is 1.55. The highest BCUT2D eigenvalue weighted by molar-refractivity contribution is 5.91. The first-order chi connectivity index (χ1) is 12.2. The van der Waals surface area contributed by atoms with Crippen LogP contribution in [-0.2, 0) is 12.8 Å². The van der Waals surface area contributed by atoms with Crippen molar-refractivity contribution in [3.63, 3.8) is 0 Å². The van der Waals surface area contributed by atoms with Gasteiger partial charge < -0.3 is 15.1 Å². The molecule has 1 fully saturated rings. The number of aromatic nitrogens is 2. The summed E-state index contributed by atoms with van der Waals surface area (Å²) in [4.78, 5) is 16.2. The van der Waals surface area contributed by atoms with E-state index in [0.29, 0.717) is 11.9 Å². The highest BCUT2D eigenvalue weighted by atomic mass is 16.3. The average molecular weight is 340 g/mol. The first-order valence-corrected chi connectivity index (χ1v) is 8.91. The summed E-state index contributed by atoms with van der Waals surface area (Å²) in [7, 11) is 2.14. The number of nitrogens with two attached hydrogens (primary N) is 1. The van der Waals surface area contributed by atoms with Gasteiger partial charge in [0.25, 0.3) is 0 Å². The molecule has 1 aliphatic heterocycles. The van der Waals surface area contributed by atoms with Crippen LogP contribution < -0.4 is 11.1 Å². The summed E-state index contributed by atoms with van der Waals surface area (Å²) in [5, 5.41) is 3.08. The third-order valence-corrected chi connectivity index (χ3v) is 4.94. The molecule has 4 rings (SSSR count). The predicted octanol–water partition coefficient (Wildman–Crippen LogP) is 2.05. The molecule has 7 nitrogen and oxygen atoms in total. The van der Waals surface area contributed by atoms with Crippen LogP contribution in [-0.4, -0.2) is 47.0 Å². The van der Waals surface area contributed by atoms with Crippen LogP contribution in [0.2, 0.25) is 0 Å². The van der Waals surface area contributed by atoms with Crippen LogP contribution in [0, 0.1) is 0 Å². The van der Waals surface area contributed by atoms with Crippen molar-refractivity contribution in [3.05, 3.63) is 29.7 Å². The molecule has 0 amide bonds. The first kappa shape index (κ1) is 16.1. The van der Waals surface area contributed by atoms with Crippen LogP contribution in [0.4, 0.5) is 5.95 Å². The lowest BCUT2D eigenvalue weighted by atomic mass is 10.1. The first-order valence-electron chi connectivity index (χ1n) is 8.91. The molecule has 1 aliphatic carbocycles. The molecule has 0 bridgehead atoms. The number of hydrogen-bond acceptors (Lipinski definition) is 5. The molecule has 0 aromatic carbocycles. The van der Waals surface area contributed by atoms with Gasteiger partial charge in [0.05, 0.1) is 12.3 Å². The van der Waals surface area contributed by atoms with E-state index in [4.69, 9.17) is 10.2 Å². The maximum atomic E-state index is 6.11. The minimum absolute atomic E-state index is 0.266. The molecule has 0 radical (unpaired) electrons. The molecule has 1 saturated heterocycles. The third kappa shape index (κ3) is 3.51. The maximum absolute atomic E-state index is 6.11. The minimum Gasteiger partial charge on any atom is -0.463 e. The largest absolute Gasteiger partial charge is 0.463 e. The van der Waals surface area contributed by atoms with E-state index in [9.17, 15) is 0 Å². The van der Waals surface area contributed by atoms with Gasteiger partial charge >= 0.3 is 0 Å². The molecule has 2 aliphatic rings. The molecule has 0 atom stereocenters. The number of guanidine groups is 1. The monoisotopic (exact) mass is 340 g/mol. The van der Waals surface area contributed by atoms with Crippen molar-refractivity contribution in [3.8, 4) is 11.5 Å². The standard InChI is InChI=1S/C18H24N6O/c1-24-9-7-12(8-10-24)20-17(19)23-18-21-14-5-2-4-13(14)16(22-18)15-6-3-11-25-15/h3,6,11-12H,2,4-5,7-10H2,1H3,(H3,19,20,21,22,23). The van der Waals surface area contributed by atoms with E-state index < -0.39 is 0 Å². The van der Waals surface area contributed by atoms with Crippen LogP contribution in [0.15, 0.2) is 27.8 Å². The number of furan rings is 1. The summed E-state index contributed by atoms with van der Waals surface area (Å²) in [5.41, 5.74) is 9.24. The van der Waals surface area contributed by atoms with Gasteiger partial charge in [-0.25, -0.2) is 15.0 Å². The Morgan fingerprint density at radius 2 is 2.16 bits per heavy atom. The third-order valence-electron chi connectivity index (χ3n) is 4.94. The summed E-state index contributed by atoms with van der Waals surface area (Å²) >= 11 is 0. The average Bonchev–Trinajstić information content (AvgIpc) is 3.27. The number of nitrogens with one attached hydrogen (secondary N) is 1. The zero-order valence-corrected chi connectivity index (χ0v) is 14.5. The molecule has 3 heterocycles. The molecular formula is C18H24N6O. The summed E-state index contributed by atoms with van der Waals surface area (Å²) < 4.78 is 5.55. The molecule has 7 heteroatoms. The van der Waals surface area contributed by atoms with E-state index in [1.54, 1.807) is 6.26 Å². The fourth-order valence-electron chi connectivity index (χ4n) is 3.57. The van der Waals surface area contributed by atoms with Crippen LogP contribution in [0.3, 0.4) is 0 Å². The van der Waals surface area contributed by atoms with Crippen LogP contribution in [0.1, 0.15) is 30.5 Å². The number of likely N-dealkylation sites (tertiary alicyclic amines) is 1. The molecule has 0 saturated carbocycles. The van der Waals surface area contributed by atoms with Crippen molar-refractivity contribution >= 4 is 11.9 Å². The van der Waals surface area contributed by atoms with E-state index in [0.717, 1.165) is 62.3 Å². The lowest BCUT2D eigenvalue weighted by Crippen LogP contribution is -2.34. The smallest absolute Gasteiger partial charge is 0.230 e. The van der Waals surface area contributed by atoms with Gasteiger partial charge in [0.15, 0.2) is 11.7 Å². The number of aliphatic imine (C=N–C) groups is 1. The maximum Gasteiger partial charge on any atom is 0.230 e. The molecule has 0 spiro atoms. The molecule has 2 aromatic heterocycles. The van der Waals surface area contributed by atoms with Crippen molar-refractivity contribution in [2.75, 3.05) is 25.5 Å². The second-order valence-corrected chi connectivity index (χ2v) is 6.83. The zero-order chi connectivity index (χ0) is 17.2. The second-order valence-electron chi connectivity index (χ2n) is 6.83. The Labute approximate surface area is 147 Å². The fraction of sp³-hybridized carbons (Fsp3) is 0.500. The van der Waals surface area contributed by atoms with E-state index in [-0.39, 0.29) is 6.04 Å². The van der Waals surface area contributed by atoms with Crippen molar-refractivity contribution in [1.82, 2.24) is 14.9 Å². The van der Waals surface area contributed by atoms with Gasteiger partial charge in [-0.3, -0.25) is 5.32 Å². The summed E-state index contributed by atoms with van der Waals surface area (Å²) in [6.07, 6.45) is 6.78. The number of piperidine rings is 1.